The molecular formula is C13H17ClN2O3S. The van der Waals surface area contributed by atoms with E-state index in [1.807, 2.05) is 20.8 Å². The summed E-state index contributed by atoms with van der Waals surface area (Å²) in [6.07, 6.45) is 2.82. The van der Waals surface area contributed by atoms with Gasteiger partial charge in [-0.2, -0.15) is 0 Å². The van der Waals surface area contributed by atoms with Crippen molar-refractivity contribution in [3.8, 4) is 0 Å². The average Bonchev–Trinajstić information content (AvgIpc) is 2.72. The van der Waals surface area contributed by atoms with E-state index in [-0.39, 0.29) is 40.1 Å². The SMILES string of the molecule is CC(C)(C)C1CC(=O)N(S(=O)(=O)c2cnccc2Cl)C1. The zero-order chi connectivity index (χ0) is 15.1. The fourth-order valence-electron chi connectivity index (χ4n) is 2.16. The third-order valence-electron chi connectivity index (χ3n) is 3.61. The van der Waals surface area contributed by atoms with Crippen LogP contribution in [-0.2, 0) is 14.8 Å². The highest BCUT2D eigenvalue weighted by Crippen LogP contribution is 2.37. The molecular weight excluding hydrogens is 300 g/mol. The highest BCUT2D eigenvalue weighted by molar-refractivity contribution is 7.89. The van der Waals surface area contributed by atoms with Crippen LogP contribution in [0.3, 0.4) is 0 Å². The number of amides is 1. The van der Waals surface area contributed by atoms with Crippen LogP contribution < -0.4 is 0 Å². The molecule has 1 aliphatic heterocycles. The molecule has 5 nitrogen and oxygen atoms in total. The largest absolute Gasteiger partial charge is 0.274 e. The lowest BCUT2D eigenvalue weighted by molar-refractivity contribution is -0.123. The summed E-state index contributed by atoms with van der Waals surface area (Å²) in [5, 5.41) is 0.0759. The summed E-state index contributed by atoms with van der Waals surface area (Å²) in [6, 6.07) is 1.40. The Bertz CT molecular complexity index is 637. The topological polar surface area (TPSA) is 67.3 Å². The summed E-state index contributed by atoms with van der Waals surface area (Å²) in [5.74, 6) is -0.384. The maximum Gasteiger partial charge on any atom is 0.269 e. The van der Waals surface area contributed by atoms with Crippen LogP contribution in [0.4, 0.5) is 0 Å². The second kappa shape index (κ2) is 5.00. The molecule has 0 radical (unpaired) electrons. The molecule has 0 aliphatic carbocycles. The van der Waals surface area contributed by atoms with Crippen LogP contribution in [0.1, 0.15) is 27.2 Å². The van der Waals surface area contributed by atoms with Crippen LogP contribution in [0.15, 0.2) is 23.4 Å². The molecule has 2 heterocycles. The number of rotatable bonds is 2. The van der Waals surface area contributed by atoms with Crippen molar-refractivity contribution >= 4 is 27.5 Å². The van der Waals surface area contributed by atoms with Gasteiger partial charge < -0.3 is 0 Å². The minimum atomic E-state index is -3.92. The lowest BCUT2D eigenvalue weighted by Gasteiger charge is -2.26. The summed E-state index contributed by atoms with van der Waals surface area (Å²) in [6.45, 7) is 6.18. The predicted molar refractivity (Wildman–Crippen MR) is 75.7 cm³/mol. The Kier molecular flexibility index (Phi) is 3.81. The molecule has 7 heteroatoms. The summed E-state index contributed by atoms with van der Waals surface area (Å²) >= 11 is 5.90. The van der Waals surface area contributed by atoms with E-state index in [9.17, 15) is 13.2 Å². The minimum absolute atomic E-state index is 0.000205. The molecule has 0 bridgehead atoms. The van der Waals surface area contributed by atoms with Crippen LogP contribution in [0.25, 0.3) is 0 Å². The van der Waals surface area contributed by atoms with E-state index in [4.69, 9.17) is 11.6 Å². The van der Waals surface area contributed by atoms with Crippen molar-refractivity contribution in [1.29, 1.82) is 0 Å². The van der Waals surface area contributed by atoms with E-state index in [1.165, 1.54) is 18.5 Å². The molecule has 110 valence electrons. The highest BCUT2D eigenvalue weighted by Gasteiger charge is 2.43. The van der Waals surface area contributed by atoms with Crippen LogP contribution in [0.5, 0.6) is 0 Å². The van der Waals surface area contributed by atoms with Gasteiger partial charge in [-0.05, 0) is 17.4 Å². The van der Waals surface area contributed by atoms with Crippen molar-refractivity contribution in [3.05, 3.63) is 23.5 Å². The number of hydrogen-bond donors (Lipinski definition) is 0. The molecule has 0 spiro atoms. The number of pyridine rings is 1. The van der Waals surface area contributed by atoms with Crippen LogP contribution in [-0.4, -0.2) is 30.2 Å². The molecule has 0 N–H and O–H groups in total. The molecule has 1 fully saturated rings. The van der Waals surface area contributed by atoms with Crippen molar-refractivity contribution in [2.24, 2.45) is 11.3 Å². The van der Waals surface area contributed by atoms with E-state index in [0.29, 0.717) is 0 Å². The number of hydrogen-bond acceptors (Lipinski definition) is 4. The van der Waals surface area contributed by atoms with E-state index >= 15 is 0 Å². The summed E-state index contributed by atoms with van der Waals surface area (Å²) in [4.78, 5) is 15.7. The van der Waals surface area contributed by atoms with Gasteiger partial charge in [0.05, 0.1) is 5.02 Å². The Morgan fingerprint density at radius 3 is 2.55 bits per heavy atom. The molecule has 1 aromatic rings. The van der Waals surface area contributed by atoms with Gasteiger partial charge in [0, 0.05) is 25.4 Å². The van der Waals surface area contributed by atoms with Crippen LogP contribution in [0.2, 0.25) is 5.02 Å². The van der Waals surface area contributed by atoms with Crippen molar-refractivity contribution in [3.63, 3.8) is 0 Å². The third kappa shape index (κ3) is 2.67. The third-order valence-corrected chi connectivity index (χ3v) is 5.87. The first-order chi connectivity index (χ1) is 9.14. The molecule has 1 aliphatic rings. The molecule has 0 saturated carbocycles. The second-order valence-electron chi connectivity index (χ2n) is 6.00. The van der Waals surface area contributed by atoms with Gasteiger partial charge in [-0.25, -0.2) is 12.7 Å². The number of nitrogens with zero attached hydrogens (tertiary/aromatic N) is 2. The van der Waals surface area contributed by atoms with Gasteiger partial charge in [0.25, 0.3) is 10.0 Å². The lowest BCUT2D eigenvalue weighted by Crippen LogP contribution is -2.33. The number of carbonyl (C=O) groups is 1. The molecule has 2 rings (SSSR count). The fourth-order valence-corrected chi connectivity index (χ4v) is 4.03. The van der Waals surface area contributed by atoms with Gasteiger partial charge >= 0.3 is 0 Å². The Labute approximate surface area is 124 Å². The first-order valence-corrected chi connectivity index (χ1v) is 8.11. The van der Waals surface area contributed by atoms with Gasteiger partial charge in [0.2, 0.25) is 5.91 Å². The van der Waals surface area contributed by atoms with E-state index in [0.717, 1.165) is 4.31 Å². The Balaban J connectivity index is 2.37. The Morgan fingerprint density at radius 2 is 2.05 bits per heavy atom. The first-order valence-electron chi connectivity index (χ1n) is 6.29. The maximum absolute atomic E-state index is 12.5. The van der Waals surface area contributed by atoms with Crippen molar-refractivity contribution in [2.45, 2.75) is 32.1 Å². The molecule has 0 aromatic carbocycles. The van der Waals surface area contributed by atoms with Crippen LogP contribution in [0, 0.1) is 11.3 Å². The normalized spacial score (nSPS) is 20.5. The van der Waals surface area contributed by atoms with Gasteiger partial charge in [-0.15, -0.1) is 0 Å². The summed E-state index contributed by atoms with van der Waals surface area (Å²) in [5.41, 5.74) is -0.126. The van der Waals surface area contributed by atoms with Crippen molar-refractivity contribution in [1.82, 2.24) is 9.29 Å². The zero-order valence-electron chi connectivity index (χ0n) is 11.6. The van der Waals surface area contributed by atoms with Crippen molar-refractivity contribution < 1.29 is 13.2 Å². The lowest BCUT2D eigenvalue weighted by atomic mass is 9.80. The maximum atomic E-state index is 12.5. The standard InChI is InChI=1S/C13H17ClN2O3S/c1-13(2,3)9-6-12(17)16(8-9)20(18,19)11-7-15-5-4-10(11)14/h4-5,7,9H,6,8H2,1-3H3. The Morgan fingerprint density at radius 1 is 1.40 bits per heavy atom. The number of sulfonamides is 1. The molecule has 1 saturated heterocycles. The number of carbonyl (C=O) groups excluding carboxylic acids is 1. The molecule has 1 amide bonds. The fraction of sp³-hybridized carbons (Fsp3) is 0.538. The molecule has 1 aromatic heterocycles. The van der Waals surface area contributed by atoms with Crippen LogP contribution >= 0.6 is 11.6 Å². The minimum Gasteiger partial charge on any atom is -0.274 e. The summed E-state index contributed by atoms with van der Waals surface area (Å²) < 4.78 is 26.0. The van der Waals surface area contributed by atoms with E-state index in [1.54, 1.807) is 0 Å². The van der Waals surface area contributed by atoms with E-state index in [2.05, 4.69) is 4.98 Å². The van der Waals surface area contributed by atoms with Gasteiger partial charge in [-0.1, -0.05) is 32.4 Å². The van der Waals surface area contributed by atoms with Gasteiger partial charge in [0.1, 0.15) is 4.90 Å². The quantitative estimate of drug-likeness (QED) is 0.839. The predicted octanol–water partition coefficient (Wildman–Crippen LogP) is 2.32. The van der Waals surface area contributed by atoms with E-state index < -0.39 is 10.0 Å². The number of aromatic nitrogens is 1. The number of halogens is 1. The smallest absolute Gasteiger partial charge is 0.269 e. The van der Waals surface area contributed by atoms with Gasteiger partial charge in [0.15, 0.2) is 0 Å². The average molecular weight is 317 g/mol. The monoisotopic (exact) mass is 316 g/mol. The summed E-state index contributed by atoms with van der Waals surface area (Å²) in [7, 11) is -3.92. The first kappa shape index (κ1) is 15.3. The van der Waals surface area contributed by atoms with Crippen molar-refractivity contribution in [2.75, 3.05) is 6.54 Å². The Hall–Kier alpha value is -1.14. The molecule has 1 unspecified atom stereocenters. The second-order valence-corrected chi connectivity index (χ2v) is 8.24. The molecule has 20 heavy (non-hydrogen) atoms. The molecule has 1 atom stereocenters. The van der Waals surface area contributed by atoms with Gasteiger partial charge in [-0.3, -0.25) is 9.78 Å². The zero-order valence-corrected chi connectivity index (χ0v) is 13.2. The highest BCUT2D eigenvalue weighted by atomic mass is 35.5.